The minimum Gasteiger partial charge on any atom is -0.394 e. The second kappa shape index (κ2) is 5.09. The van der Waals surface area contributed by atoms with Crippen molar-refractivity contribution in [3.05, 3.63) is 12.4 Å². The fraction of sp³-hybridized carbons (Fsp3) is 0.600. The van der Waals surface area contributed by atoms with Crippen molar-refractivity contribution in [2.24, 2.45) is 0 Å². The van der Waals surface area contributed by atoms with Gasteiger partial charge in [0.2, 0.25) is 0 Å². The molecule has 1 aliphatic heterocycles. The van der Waals surface area contributed by atoms with Crippen molar-refractivity contribution in [3.8, 4) is 0 Å². The van der Waals surface area contributed by atoms with Crippen molar-refractivity contribution < 1.29 is 9.84 Å². The van der Waals surface area contributed by atoms with Crippen LogP contribution in [-0.4, -0.2) is 54.5 Å². The summed E-state index contributed by atoms with van der Waals surface area (Å²) in [7, 11) is 1.81. The van der Waals surface area contributed by atoms with E-state index in [-0.39, 0.29) is 12.6 Å². The molecule has 1 saturated heterocycles. The molecule has 1 aromatic heterocycles. The van der Waals surface area contributed by atoms with Crippen LogP contribution in [0.3, 0.4) is 0 Å². The first kappa shape index (κ1) is 11.1. The van der Waals surface area contributed by atoms with E-state index in [1.165, 1.54) is 6.33 Å². The lowest BCUT2D eigenvalue weighted by atomic mass is 10.2. The molecule has 2 rings (SSSR count). The fourth-order valence-electron chi connectivity index (χ4n) is 1.75. The molecule has 0 aromatic carbocycles. The quantitative estimate of drug-likeness (QED) is 0.735. The van der Waals surface area contributed by atoms with Crippen molar-refractivity contribution >= 4 is 11.6 Å². The molecule has 1 aliphatic rings. The highest BCUT2D eigenvalue weighted by Gasteiger charge is 2.23. The van der Waals surface area contributed by atoms with Crippen LogP contribution >= 0.6 is 0 Å². The molecule has 0 radical (unpaired) electrons. The van der Waals surface area contributed by atoms with Gasteiger partial charge >= 0.3 is 0 Å². The van der Waals surface area contributed by atoms with Crippen molar-refractivity contribution in [2.45, 2.75) is 6.04 Å². The first-order valence-corrected chi connectivity index (χ1v) is 5.30. The Hall–Kier alpha value is -1.40. The van der Waals surface area contributed by atoms with E-state index in [4.69, 9.17) is 4.74 Å². The number of aliphatic hydroxyl groups is 1. The van der Waals surface area contributed by atoms with Crippen LogP contribution in [0.1, 0.15) is 0 Å². The summed E-state index contributed by atoms with van der Waals surface area (Å²) in [4.78, 5) is 10.3. The third kappa shape index (κ3) is 2.23. The predicted octanol–water partition coefficient (Wildman–Crippen LogP) is -0.284. The molecule has 1 atom stereocenters. The first-order chi connectivity index (χ1) is 7.85. The summed E-state index contributed by atoms with van der Waals surface area (Å²) in [6.07, 6.45) is 1.52. The maximum Gasteiger partial charge on any atom is 0.134 e. The van der Waals surface area contributed by atoms with Gasteiger partial charge in [-0.2, -0.15) is 0 Å². The lowest BCUT2D eigenvalue weighted by Gasteiger charge is -2.35. The number of nitrogens with zero attached hydrogens (tertiary/aromatic N) is 3. The zero-order valence-electron chi connectivity index (χ0n) is 9.26. The van der Waals surface area contributed by atoms with Crippen LogP contribution in [0.2, 0.25) is 0 Å². The number of rotatable bonds is 3. The Kier molecular flexibility index (Phi) is 3.53. The third-order valence-corrected chi connectivity index (χ3v) is 2.64. The average Bonchev–Trinajstić information content (AvgIpc) is 2.38. The molecule has 0 spiro atoms. The molecule has 0 saturated carbocycles. The molecule has 2 N–H and O–H groups in total. The number of hydrogen-bond acceptors (Lipinski definition) is 6. The van der Waals surface area contributed by atoms with Gasteiger partial charge in [-0.25, -0.2) is 9.97 Å². The smallest absolute Gasteiger partial charge is 0.134 e. The Morgan fingerprint density at radius 1 is 1.62 bits per heavy atom. The highest BCUT2D eigenvalue weighted by Crippen LogP contribution is 2.18. The van der Waals surface area contributed by atoms with E-state index in [0.29, 0.717) is 13.2 Å². The molecule has 0 bridgehead atoms. The van der Waals surface area contributed by atoms with Gasteiger partial charge in [-0.3, -0.25) is 0 Å². The van der Waals surface area contributed by atoms with Gasteiger partial charge in [-0.1, -0.05) is 0 Å². The molecule has 2 heterocycles. The van der Waals surface area contributed by atoms with Gasteiger partial charge in [0.15, 0.2) is 0 Å². The van der Waals surface area contributed by atoms with Crippen molar-refractivity contribution in [3.63, 3.8) is 0 Å². The van der Waals surface area contributed by atoms with E-state index in [2.05, 4.69) is 15.3 Å². The second-order valence-corrected chi connectivity index (χ2v) is 3.62. The van der Waals surface area contributed by atoms with Crippen LogP contribution in [0.4, 0.5) is 11.6 Å². The first-order valence-electron chi connectivity index (χ1n) is 5.30. The predicted molar refractivity (Wildman–Crippen MR) is 60.6 cm³/mol. The second-order valence-electron chi connectivity index (χ2n) is 3.62. The average molecular weight is 224 g/mol. The largest absolute Gasteiger partial charge is 0.394 e. The molecular weight excluding hydrogens is 208 g/mol. The molecular formula is C10H16N4O2. The minimum atomic E-state index is -0.0200. The van der Waals surface area contributed by atoms with Crippen LogP contribution in [0.5, 0.6) is 0 Å². The van der Waals surface area contributed by atoms with E-state index in [9.17, 15) is 5.11 Å². The number of morpholine rings is 1. The summed E-state index contributed by atoms with van der Waals surface area (Å²) in [5, 5.41) is 12.2. The standard InChI is InChI=1S/C10H16N4O2/c1-11-9-4-10(13-7-12-9)14-2-3-16-6-8(14)5-15/h4,7-8,15H,2-3,5-6H2,1H3,(H,11,12,13). The van der Waals surface area contributed by atoms with Crippen LogP contribution in [0.15, 0.2) is 12.4 Å². The normalized spacial score (nSPS) is 20.9. The van der Waals surface area contributed by atoms with Gasteiger partial charge < -0.3 is 20.1 Å². The summed E-state index contributed by atoms with van der Waals surface area (Å²) >= 11 is 0. The highest BCUT2D eigenvalue weighted by molar-refractivity contribution is 5.49. The summed E-state index contributed by atoms with van der Waals surface area (Å²) in [6, 6.07) is 1.85. The Labute approximate surface area is 94.3 Å². The van der Waals surface area contributed by atoms with Crippen molar-refractivity contribution in [1.29, 1.82) is 0 Å². The van der Waals surface area contributed by atoms with Gasteiger partial charge in [0.05, 0.1) is 25.9 Å². The number of aromatic nitrogens is 2. The zero-order chi connectivity index (χ0) is 11.4. The van der Waals surface area contributed by atoms with Gasteiger partial charge in [0.25, 0.3) is 0 Å². The molecule has 6 nitrogen and oxygen atoms in total. The van der Waals surface area contributed by atoms with Gasteiger partial charge in [0.1, 0.15) is 18.0 Å². The van der Waals surface area contributed by atoms with E-state index in [1.54, 1.807) is 0 Å². The van der Waals surface area contributed by atoms with Crippen molar-refractivity contribution in [1.82, 2.24) is 9.97 Å². The van der Waals surface area contributed by atoms with Crippen molar-refractivity contribution in [2.75, 3.05) is 43.6 Å². The SMILES string of the molecule is CNc1cc(N2CCOCC2CO)ncn1. The zero-order valence-corrected chi connectivity index (χ0v) is 9.26. The summed E-state index contributed by atoms with van der Waals surface area (Å²) in [5.41, 5.74) is 0. The van der Waals surface area contributed by atoms with E-state index in [0.717, 1.165) is 18.2 Å². The number of ether oxygens (including phenoxy) is 1. The Morgan fingerprint density at radius 2 is 2.50 bits per heavy atom. The summed E-state index contributed by atoms with van der Waals surface area (Å²) in [5.74, 6) is 1.59. The van der Waals surface area contributed by atoms with Gasteiger partial charge in [-0.15, -0.1) is 0 Å². The minimum absolute atomic E-state index is 0.0200. The van der Waals surface area contributed by atoms with Gasteiger partial charge in [-0.05, 0) is 0 Å². The lowest BCUT2D eigenvalue weighted by Crippen LogP contribution is -2.48. The number of aliphatic hydroxyl groups excluding tert-OH is 1. The van der Waals surface area contributed by atoms with Gasteiger partial charge in [0, 0.05) is 19.7 Å². The lowest BCUT2D eigenvalue weighted by molar-refractivity contribution is 0.0723. The van der Waals surface area contributed by atoms with Crippen LogP contribution in [0.25, 0.3) is 0 Å². The Morgan fingerprint density at radius 3 is 3.25 bits per heavy atom. The monoisotopic (exact) mass is 224 g/mol. The van der Waals surface area contributed by atoms with Crippen LogP contribution < -0.4 is 10.2 Å². The topological polar surface area (TPSA) is 70.5 Å². The fourth-order valence-corrected chi connectivity index (χ4v) is 1.75. The summed E-state index contributed by atoms with van der Waals surface area (Å²) < 4.78 is 5.32. The van der Waals surface area contributed by atoms with E-state index < -0.39 is 0 Å². The van der Waals surface area contributed by atoms with Crippen LogP contribution in [-0.2, 0) is 4.74 Å². The molecule has 1 aromatic rings. The van der Waals surface area contributed by atoms with E-state index in [1.807, 2.05) is 18.0 Å². The van der Waals surface area contributed by atoms with E-state index >= 15 is 0 Å². The molecule has 1 fully saturated rings. The number of anilines is 2. The number of hydrogen-bond donors (Lipinski definition) is 2. The summed E-state index contributed by atoms with van der Waals surface area (Å²) in [6.45, 7) is 2.01. The Balaban J connectivity index is 2.20. The van der Waals surface area contributed by atoms with Crippen LogP contribution in [0, 0.1) is 0 Å². The molecule has 0 amide bonds. The maximum atomic E-state index is 9.27. The Bertz CT molecular complexity index is 347. The molecule has 6 heteroatoms. The number of nitrogens with one attached hydrogen (secondary N) is 1. The molecule has 0 aliphatic carbocycles. The third-order valence-electron chi connectivity index (χ3n) is 2.64. The molecule has 88 valence electrons. The molecule has 16 heavy (non-hydrogen) atoms. The highest BCUT2D eigenvalue weighted by atomic mass is 16.5. The molecule has 1 unspecified atom stereocenters. The maximum absolute atomic E-state index is 9.27.